The largest absolute Gasteiger partial charge is 0.495 e. The van der Waals surface area contributed by atoms with Crippen LogP contribution >= 0.6 is 11.6 Å². The maximum atomic E-state index is 13.0. The van der Waals surface area contributed by atoms with Crippen LogP contribution in [-0.4, -0.2) is 46.0 Å². The molecule has 0 N–H and O–H groups in total. The summed E-state index contributed by atoms with van der Waals surface area (Å²) in [7, 11) is -2.14. The van der Waals surface area contributed by atoms with Crippen molar-refractivity contribution in [1.29, 1.82) is 0 Å². The zero-order valence-electron chi connectivity index (χ0n) is 13.7. The molecule has 134 valence electrons. The van der Waals surface area contributed by atoms with Crippen LogP contribution in [0, 0.1) is 5.82 Å². The SMILES string of the molecule is COc1ccc(S(=O)(=O)N2CCN(c3ccc(F)cc3)CC2)cc1Cl. The monoisotopic (exact) mass is 384 g/mol. The first-order valence-electron chi connectivity index (χ1n) is 7.76. The van der Waals surface area contributed by atoms with Crippen molar-refractivity contribution in [3.05, 3.63) is 53.3 Å². The summed E-state index contributed by atoms with van der Waals surface area (Å²) in [6.07, 6.45) is 0. The first-order chi connectivity index (χ1) is 11.9. The quantitative estimate of drug-likeness (QED) is 0.813. The molecule has 0 spiro atoms. The van der Waals surface area contributed by atoms with Crippen molar-refractivity contribution in [2.75, 3.05) is 38.2 Å². The summed E-state index contributed by atoms with van der Waals surface area (Å²) < 4.78 is 45.1. The summed E-state index contributed by atoms with van der Waals surface area (Å²) >= 11 is 6.04. The van der Waals surface area contributed by atoms with Gasteiger partial charge < -0.3 is 9.64 Å². The van der Waals surface area contributed by atoms with Crippen molar-refractivity contribution in [1.82, 2.24) is 4.31 Å². The molecule has 0 saturated carbocycles. The maximum Gasteiger partial charge on any atom is 0.243 e. The van der Waals surface area contributed by atoms with Gasteiger partial charge in [0.05, 0.1) is 17.0 Å². The number of halogens is 2. The van der Waals surface area contributed by atoms with E-state index in [1.807, 2.05) is 4.90 Å². The van der Waals surface area contributed by atoms with E-state index >= 15 is 0 Å². The molecule has 0 aromatic heterocycles. The second-order valence-electron chi connectivity index (χ2n) is 5.66. The molecule has 1 aliphatic rings. The minimum Gasteiger partial charge on any atom is -0.495 e. The van der Waals surface area contributed by atoms with E-state index in [-0.39, 0.29) is 15.7 Å². The van der Waals surface area contributed by atoms with Gasteiger partial charge in [0.2, 0.25) is 10.0 Å². The fourth-order valence-electron chi connectivity index (χ4n) is 2.80. The second kappa shape index (κ2) is 7.19. The van der Waals surface area contributed by atoms with Crippen LogP contribution in [0.4, 0.5) is 10.1 Å². The molecule has 0 bridgehead atoms. The zero-order valence-corrected chi connectivity index (χ0v) is 15.2. The van der Waals surface area contributed by atoms with Gasteiger partial charge >= 0.3 is 0 Å². The minimum absolute atomic E-state index is 0.147. The number of benzene rings is 2. The van der Waals surface area contributed by atoms with E-state index in [2.05, 4.69) is 0 Å². The first-order valence-corrected chi connectivity index (χ1v) is 9.58. The standard InChI is InChI=1S/C17H18ClFN2O3S/c1-24-17-7-6-15(12-16(17)18)25(22,23)21-10-8-20(9-11-21)14-4-2-13(19)3-5-14/h2-7,12H,8-11H2,1H3. The van der Waals surface area contributed by atoms with E-state index in [1.54, 1.807) is 18.2 Å². The van der Waals surface area contributed by atoms with E-state index in [0.717, 1.165) is 5.69 Å². The molecule has 0 aliphatic carbocycles. The van der Waals surface area contributed by atoms with Gasteiger partial charge in [-0.3, -0.25) is 0 Å². The summed E-state index contributed by atoms with van der Waals surface area (Å²) in [4.78, 5) is 2.18. The normalized spacial score (nSPS) is 16.0. The lowest BCUT2D eigenvalue weighted by atomic mass is 10.2. The molecule has 0 amide bonds. The first kappa shape index (κ1) is 18.0. The lowest BCUT2D eigenvalue weighted by Gasteiger charge is -2.35. The molecule has 0 atom stereocenters. The Morgan fingerprint density at radius 1 is 1.04 bits per heavy atom. The van der Waals surface area contributed by atoms with Crippen LogP contribution in [0.25, 0.3) is 0 Å². The number of hydrogen-bond acceptors (Lipinski definition) is 4. The topological polar surface area (TPSA) is 49.9 Å². The Hall–Kier alpha value is -1.83. The molecule has 25 heavy (non-hydrogen) atoms. The molecule has 2 aromatic rings. The van der Waals surface area contributed by atoms with E-state index in [0.29, 0.717) is 31.9 Å². The number of ether oxygens (including phenoxy) is 1. The lowest BCUT2D eigenvalue weighted by Crippen LogP contribution is -2.48. The summed E-state index contributed by atoms with van der Waals surface area (Å²) in [5.74, 6) is 0.142. The number of methoxy groups -OCH3 is 1. The van der Waals surface area contributed by atoms with E-state index in [1.165, 1.54) is 35.7 Å². The van der Waals surface area contributed by atoms with Gasteiger partial charge in [-0.2, -0.15) is 4.31 Å². The Balaban J connectivity index is 1.73. The number of sulfonamides is 1. The molecule has 3 rings (SSSR count). The van der Waals surface area contributed by atoms with Gasteiger partial charge in [0.1, 0.15) is 11.6 Å². The fraction of sp³-hybridized carbons (Fsp3) is 0.294. The van der Waals surface area contributed by atoms with E-state index in [4.69, 9.17) is 16.3 Å². The van der Waals surface area contributed by atoms with Crippen molar-refractivity contribution >= 4 is 27.3 Å². The van der Waals surface area contributed by atoms with Gasteiger partial charge in [0.25, 0.3) is 0 Å². The Bertz CT molecular complexity index is 851. The average molecular weight is 385 g/mol. The third-order valence-corrected chi connectivity index (χ3v) is 6.38. The molecule has 1 fully saturated rings. The van der Waals surface area contributed by atoms with E-state index < -0.39 is 10.0 Å². The van der Waals surface area contributed by atoms with Crippen molar-refractivity contribution in [3.63, 3.8) is 0 Å². The highest BCUT2D eigenvalue weighted by Gasteiger charge is 2.29. The number of piperazine rings is 1. The minimum atomic E-state index is -3.62. The summed E-state index contributed by atoms with van der Waals surface area (Å²) in [6, 6.07) is 10.6. The summed E-state index contributed by atoms with van der Waals surface area (Å²) in [5.41, 5.74) is 0.880. The van der Waals surface area contributed by atoms with Gasteiger partial charge in [0.15, 0.2) is 0 Å². The predicted molar refractivity (Wildman–Crippen MR) is 95.4 cm³/mol. The van der Waals surface area contributed by atoms with E-state index in [9.17, 15) is 12.8 Å². The maximum absolute atomic E-state index is 13.0. The molecule has 1 aliphatic heterocycles. The second-order valence-corrected chi connectivity index (χ2v) is 8.01. The molecule has 1 heterocycles. The van der Waals surface area contributed by atoms with Gasteiger partial charge in [-0.1, -0.05) is 11.6 Å². The van der Waals surface area contributed by atoms with Crippen LogP contribution in [0.5, 0.6) is 5.75 Å². The van der Waals surface area contributed by atoms with Gasteiger partial charge in [-0.15, -0.1) is 0 Å². The molecule has 0 unspecified atom stereocenters. The number of hydrogen-bond donors (Lipinski definition) is 0. The molecule has 0 radical (unpaired) electrons. The van der Waals surface area contributed by atoms with Crippen LogP contribution in [0.2, 0.25) is 5.02 Å². The Kier molecular flexibility index (Phi) is 5.17. The Morgan fingerprint density at radius 3 is 2.24 bits per heavy atom. The van der Waals surface area contributed by atoms with Crippen molar-refractivity contribution in [2.24, 2.45) is 0 Å². The third kappa shape index (κ3) is 3.73. The molecule has 2 aromatic carbocycles. The lowest BCUT2D eigenvalue weighted by molar-refractivity contribution is 0.384. The molecule has 8 heteroatoms. The summed E-state index contributed by atoms with van der Waals surface area (Å²) in [5, 5.41) is 0.258. The Morgan fingerprint density at radius 2 is 1.68 bits per heavy atom. The number of nitrogens with zero attached hydrogens (tertiary/aromatic N) is 2. The van der Waals surface area contributed by atoms with Gasteiger partial charge in [0, 0.05) is 31.9 Å². The Labute approximate surface area is 151 Å². The van der Waals surface area contributed by atoms with Crippen molar-refractivity contribution < 1.29 is 17.5 Å². The third-order valence-electron chi connectivity index (χ3n) is 4.19. The highest BCUT2D eigenvalue weighted by atomic mass is 35.5. The smallest absolute Gasteiger partial charge is 0.243 e. The zero-order chi connectivity index (χ0) is 18.0. The van der Waals surface area contributed by atoms with Crippen LogP contribution in [0.3, 0.4) is 0 Å². The van der Waals surface area contributed by atoms with Crippen LogP contribution < -0.4 is 9.64 Å². The summed E-state index contributed by atoms with van der Waals surface area (Å²) in [6.45, 7) is 1.77. The number of rotatable bonds is 4. The molecular weight excluding hydrogens is 367 g/mol. The fourth-order valence-corrected chi connectivity index (χ4v) is 4.57. The molecule has 1 saturated heterocycles. The van der Waals surface area contributed by atoms with Gasteiger partial charge in [-0.05, 0) is 42.5 Å². The molecule has 5 nitrogen and oxygen atoms in total. The highest BCUT2D eigenvalue weighted by molar-refractivity contribution is 7.89. The van der Waals surface area contributed by atoms with Crippen LogP contribution in [-0.2, 0) is 10.0 Å². The highest BCUT2D eigenvalue weighted by Crippen LogP contribution is 2.29. The van der Waals surface area contributed by atoms with Gasteiger partial charge in [-0.25, -0.2) is 12.8 Å². The molecular formula is C17H18ClFN2O3S. The van der Waals surface area contributed by atoms with Crippen molar-refractivity contribution in [3.8, 4) is 5.75 Å². The van der Waals surface area contributed by atoms with Crippen molar-refractivity contribution in [2.45, 2.75) is 4.90 Å². The van der Waals surface area contributed by atoms with Crippen LogP contribution in [0.15, 0.2) is 47.4 Å². The van der Waals surface area contributed by atoms with Crippen LogP contribution in [0.1, 0.15) is 0 Å². The average Bonchev–Trinajstić information content (AvgIpc) is 2.62. The number of anilines is 1. The predicted octanol–water partition coefficient (Wildman–Crippen LogP) is 3.00.